The number of ether oxygens (including phenoxy) is 3. The van der Waals surface area contributed by atoms with Crippen LogP contribution in [0, 0.1) is 6.92 Å². The standard InChI is InChI=1S/C22H25N3O5/c1-14-4-7-25(16-2-3-17-18(10-16)29-13-28-17)21(27)19(14)20(26)24-8-5-22(6-9-24)11-15(23)12-30-22/h2-4,7,10,15H,5-6,8-9,11-13,23H2,1H3. The first-order chi connectivity index (χ1) is 14.5. The lowest BCUT2D eigenvalue weighted by Crippen LogP contribution is -2.48. The normalized spacial score (nSPS) is 21.9. The number of piperidine rings is 1. The van der Waals surface area contributed by atoms with E-state index in [1.54, 1.807) is 42.3 Å². The maximum absolute atomic E-state index is 13.3. The first-order valence-corrected chi connectivity index (χ1v) is 10.3. The van der Waals surface area contributed by atoms with Gasteiger partial charge in [-0.15, -0.1) is 0 Å². The topological polar surface area (TPSA) is 96.0 Å². The number of hydrogen-bond donors (Lipinski definition) is 1. The lowest BCUT2D eigenvalue weighted by molar-refractivity contribution is -0.0389. The van der Waals surface area contributed by atoms with Crippen LogP contribution >= 0.6 is 0 Å². The highest BCUT2D eigenvalue weighted by atomic mass is 16.7. The first-order valence-electron chi connectivity index (χ1n) is 10.3. The molecule has 0 aliphatic carbocycles. The second-order valence-electron chi connectivity index (χ2n) is 8.34. The molecule has 4 heterocycles. The Labute approximate surface area is 174 Å². The highest BCUT2D eigenvalue weighted by molar-refractivity contribution is 5.95. The number of benzene rings is 1. The molecule has 2 aromatic rings. The van der Waals surface area contributed by atoms with Gasteiger partial charge in [0.15, 0.2) is 11.5 Å². The van der Waals surface area contributed by atoms with E-state index in [1.165, 1.54) is 4.57 Å². The van der Waals surface area contributed by atoms with E-state index >= 15 is 0 Å². The Bertz CT molecular complexity index is 1060. The summed E-state index contributed by atoms with van der Waals surface area (Å²) in [6.07, 6.45) is 4.00. The number of amides is 1. The van der Waals surface area contributed by atoms with Crippen molar-refractivity contribution in [3.8, 4) is 17.2 Å². The van der Waals surface area contributed by atoms with Crippen molar-refractivity contribution >= 4 is 5.91 Å². The van der Waals surface area contributed by atoms with Gasteiger partial charge < -0.3 is 24.8 Å². The zero-order valence-electron chi connectivity index (χ0n) is 16.9. The van der Waals surface area contributed by atoms with Crippen molar-refractivity contribution in [1.29, 1.82) is 0 Å². The first kappa shape index (κ1) is 19.1. The van der Waals surface area contributed by atoms with Crippen LogP contribution < -0.4 is 20.8 Å². The Kier molecular flexibility index (Phi) is 4.56. The third kappa shape index (κ3) is 3.16. The van der Waals surface area contributed by atoms with Crippen LogP contribution in [0.2, 0.25) is 0 Å². The molecule has 1 atom stereocenters. The van der Waals surface area contributed by atoms with Crippen LogP contribution in [0.4, 0.5) is 0 Å². The SMILES string of the molecule is Cc1ccn(-c2ccc3c(c2)OCO3)c(=O)c1C(=O)N1CCC2(CC1)CC(N)CO2. The zero-order chi connectivity index (χ0) is 20.9. The molecule has 1 unspecified atom stereocenters. The highest BCUT2D eigenvalue weighted by Gasteiger charge is 2.42. The molecule has 8 nitrogen and oxygen atoms in total. The summed E-state index contributed by atoms with van der Waals surface area (Å²) >= 11 is 0. The average molecular weight is 411 g/mol. The third-order valence-corrected chi connectivity index (χ3v) is 6.35. The van der Waals surface area contributed by atoms with Crippen LogP contribution in [-0.2, 0) is 4.74 Å². The van der Waals surface area contributed by atoms with Crippen LogP contribution in [0.3, 0.4) is 0 Å². The lowest BCUT2D eigenvalue weighted by atomic mass is 9.87. The second kappa shape index (κ2) is 7.14. The van der Waals surface area contributed by atoms with Gasteiger partial charge in [-0.3, -0.25) is 14.2 Å². The summed E-state index contributed by atoms with van der Waals surface area (Å²) < 4.78 is 18.2. The maximum atomic E-state index is 13.3. The Morgan fingerprint density at radius 3 is 2.67 bits per heavy atom. The van der Waals surface area contributed by atoms with Crippen LogP contribution in [0.15, 0.2) is 35.3 Å². The fourth-order valence-electron chi connectivity index (χ4n) is 4.63. The minimum Gasteiger partial charge on any atom is -0.454 e. The predicted octanol–water partition coefficient (Wildman–Crippen LogP) is 1.60. The van der Waals surface area contributed by atoms with E-state index in [-0.39, 0.29) is 35.5 Å². The molecule has 2 saturated heterocycles. The quantitative estimate of drug-likeness (QED) is 0.806. The summed E-state index contributed by atoms with van der Waals surface area (Å²) in [5, 5.41) is 0. The largest absolute Gasteiger partial charge is 0.454 e. The number of nitrogens with two attached hydrogens (primary N) is 1. The maximum Gasteiger partial charge on any atom is 0.268 e. The molecule has 1 amide bonds. The minimum absolute atomic E-state index is 0.0672. The molecule has 1 aromatic carbocycles. The monoisotopic (exact) mass is 411 g/mol. The molecule has 3 aliphatic rings. The molecule has 2 N–H and O–H groups in total. The molecule has 0 bridgehead atoms. The summed E-state index contributed by atoms with van der Waals surface area (Å²) in [5.41, 5.74) is 6.96. The van der Waals surface area contributed by atoms with E-state index in [4.69, 9.17) is 19.9 Å². The van der Waals surface area contributed by atoms with Gasteiger partial charge in [-0.2, -0.15) is 0 Å². The number of hydrogen-bond acceptors (Lipinski definition) is 6. The van der Waals surface area contributed by atoms with Gasteiger partial charge in [0.05, 0.1) is 17.9 Å². The molecule has 1 aromatic heterocycles. The molecule has 1 spiro atoms. The van der Waals surface area contributed by atoms with Gasteiger partial charge in [0.1, 0.15) is 5.56 Å². The van der Waals surface area contributed by atoms with Gasteiger partial charge in [-0.1, -0.05) is 0 Å². The fourth-order valence-corrected chi connectivity index (χ4v) is 4.63. The van der Waals surface area contributed by atoms with Gasteiger partial charge in [0, 0.05) is 31.4 Å². The van der Waals surface area contributed by atoms with Crippen molar-refractivity contribution in [3.05, 3.63) is 51.9 Å². The minimum atomic E-state index is -0.335. The number of carbonyl (C=O) groups excluding carboxylic acids is 1. The van der Waals surface area contributed by atoms with Gasteiger partial charge in [-0.05, 0) is 49.9 Å². The van der Waals surface area contributed by atoms with Crippen molar-refractivity contribution < 1.29 is 19.0 Å². The van der Waals surface area contributed by atoms with E-state index in [2.05, 4.69) is 0 Å². The van der Waals surface area contributed by atoms with Crippen molar-refractivity contribution in [2.75, 3.05) is 26.5 Å². The lowest BCUT2D eigenvalue weighted by Gasteiger charge is -2.38. The molecule has 0 saturated carbocycles. The smallest absolute Gasteiger partial charge is 0.268 e. The number of carbonyl (C=O) groups is 1. The molecule has 0 radical (unpaired) electrons. The van der Waals surface area contributed by atoms with Gasteiger partial charge >= 0.3 is 0 Å². The summed E-state index contributed by atoms with van der Waals surface area (Å²) in [5.74, 6) is 1.000. The number of aromatic nitrogens is 1. The van der Waals surface area contributed by atoms with Gasteiger partial charge in [0.2, 0.25) is 6.79 Å². The molecule has 8 heteroatoms. The van der Waals surface area contributed by atoms with Gasteiger partial charge in [0.25, 0.3) is 11.5 Å². The Balaban J connectivity index is 1.41. The molecule has 3 aliphatic heterocycles. The summed E-state index contributed by atoms with van der Waals surface area (Å²) in [6.45, 7) is 3.65. The van der Waals surface area contributed by atoms with Crippen molar-refractivity contribution in [2.45, 2.75) is 37.8 Å². The Morgan fingerprint density at radius 2 is 1.93 bits per heavy atom. The number of aryl methyl sites for hydroxylation is 1. The van der Waals surface area contributed by atoms with Crippen molar-refractivity contribution in [3.63, 3.8) is 0 Å². The molecule has 158 valence electrons. The Morgan fingerprint density at radius 1 is 1.17 bits per heavy atom. The summed E-state index contributed by atoms with van der Waals surface area (Å²) in [4.78, 5) is 28.3. The number of likely N-dealkylation sites (tertiary alicyclic amines) is 1. The molecule has 30 heavy (non-hydrogen) atoms. The van der Waals surface area contributed by atoms with E-state index < -0.39 is 0 Å². The molecule has 5 rings (SSSR count). The van der Waals surface area contributed by atoms with Crippen LogP contribution in [-0.4, -0.2) is 53.5 Å². The molecule has 2 fully saturated rings. The molecular formula is C22H25N3O5. The van der Waals surface area contributed by atoms with Crippen LogP contribution in [0.1, 0.15) is 35.2 Å². The average Bonchev–Trinajstić information content (AvgIpc) is 3.34. The predicted molar refractivity (Wildman–Crippen MR) is 109 cm³/mol. The second-order valence-corrected chi connectivity index (χ2v) is 8.34. The van der Waals surface area contributed by atoms with Crippen LogP contribution in [0.25, 0.3) is 5.69 Å². The highest BCUT2D eigenvalue weighted by Crippen LogP contribution is 2.36. The van der Waals surface area contributed by atoms with E-state index in [0.29, 0.717) is 42.4 Å². The number of fused-ring (bicyclic) bond motifs is 1. The Hall–Kier alpha value is -2.84. The summed E-state index contributed by atoms with van der Waals surface area (Å²) in [7, 11) is 0. The van der Waals surface area contributed by atoms with Crippen molar-refractivity contribution in [2.24, 2.45) is 5.73 Å². The van der Waals surface area contributed by atoms with E-state index in [1.807, 2.05) is 0 Å². The summed E-state index contributed by atoms with van der Waals surface area (Å²) in [6, 6.07) is 7.16. The van der Waals surface area contributed by atoms with Gasteiger partial charge in [-0.25, -0.2) is 0 Å². The zero-order valence-corrected chi connectivity index (χ0v) is 16.9. The number of rotatable bonds is 2. The van der Waals surface area contributed by atoms with E-state index in [0.717, 1.165) is 19.3 Å². The number of pyridine rings is 1. The third-order valence-electron chi connectivity index (χ3n) is 6.35. The molecular weight excluding hydrogens is 386 g/mol. The van der Waals surface area contributed by atoms with Crippen LogP contribution in [0.5, 0.6) is 11.5 Å². The fraction of sp³-hybridized carbons (Fsp3) is 0.455. The van der Waals surface area contributed by atoms with E-state index in [9.17, 15) is 9.59 Å². The number of nitrogens with zero attached hydrogens (tertiary/aromatic N) is 2. The van der Waals surface area contributed by atoms with Crippen molar-refractivity contribution in [1.82, 2.24) is 9.47 Å².